The van der Waals surface area contributed by atoms with Gasteiger partial charge in [0.1, 0.15) is 11.8 Å². The molecule has 1 aliphatic heterocycles. The molecule has 0 spiro atoms. The second-order valence-electron chi connectivity index (χ2n) is 10.7. The normalized spacial score (nSPS) is 17.2. The van der Waals surface area contributed by atoms with E-state index in [-0.39, 0.29) is 12.2 Å². The number of ether oxygens (including phenoxy) is 2. The van der Waals surface area contributed by atoms with Gasteiger partial charge in [0.05, 0.1) is 12.1 Å². The Bertz CT molecular complexity index is 1040. The average molecular weight is 487 g/mol. The highest BCUT2D eigenvalue weighted by Crippen LogP contribution is 2.35. The molecular formula is C31H38N2O3. The van der Waals surface area contributed by atoms with Crippen molar-refractivity contribution in [1.29, 1.82) is 0 Å². The average Bonchev–Trinajstić information content (AvgIpc) is 3.07. The minimum atomic E-state index is -0.717. The Morgan fingerprint density at radius 3 is 1.75 bits per heavy atom. The third-order valence-corrected chi connectivity index (χ3v) is 6.64. The van der Waals surface area contributed by atoms with Crippen LogP contribution in [0.25, 0.3) is 0 Å². The summed E-state index contributed by atoms with van der Waals surface area (Å²) >= 11 is 0. The molecule has 1 amide bonds. The number of nitrogens with zero attached hydrogens (tertiary/aromatic N) is 2. The Hall–Kier alpha value is -3.15. The summed E-state index contributed by atoms with van der Waals surface area (Å²) in [4.78, 5) is 17.7. The lowest BCUT2D eigenvalue weighted by molar-refractivity contribution is -0.0608. The van der Waals surface area contributed by atoms with Gasteiger partial charge in [0.2, 0.25) is 0 Å². The van der Waals surface area contributed by atoms with Crippen LogP contribution < -0.4 is 0 Å². The predicted molar refractivity (Wildman–Crippen MR) is 143 cm³/mol. The monoisotopic (exact) mass is 486 g/mol. The SMILES string of the molecule is CC1(C)COC(C)(C)N1C(=O)O[C@H](Cc1ccccc1)CN(Cc1ccccc1)Cc1ccccc1. The molecule has 5 nitrogen and oxygen atoms in total. The Morgan fingerprint density at radius 1 is 0.833 bits per heavy atom. The van der Waals surface area contributed by atoms with Crippen LogP contribution in [-0.4, -0.2) is 46.4 Å². The van der Waals surface area contributed by atoms with E-state index < -0.39 is 11.3 Å². The molecule has 3 aromatic rings. The zero-order valence-electron chi connectivity index (χ0n) is 21.9. The molecule has 1 saturated heterocycles. The lowest BCUT2D eigenvalue weighted by atomic mass is 10.0. The lowest BCUT2D eigenvalue weighted by Gasteiger charge is -2.38. The van der Waals surface area contributed by atoms with Crippen LogP contribution in [0.1, 0.15) is 44.4 Å². The number of hydrogen-bond donors (Lipinski definition) is 0. The Kier molecular flexibility index (Phi) is 8.12. The molecule has 0 aliphatic carbocycles. The second kappa shape index (κ2) is 11.3. The number of amides is 1. The van der Waals surface area contributed by atoms with Crippen LogP contribution in [0.15, 0.2) is 91.0 Å². The molecular weight excluding hydrogens is 448 g/mol. The summed E-state index contributed by atoms with van der Waals surface area (Å²) < 4.78 is 12.2. The summed E-state index contributed by atoms with van der Waals surface area (Å²) in [5.74, 6) is 0. The van der Waals surface area contributed by atoms with Gasteiger partial charge in [0.15, 0.2) is 0 Å². The second-order valence-corrected chi connectivity index (χ2v) is 10.7. The van der Waals surface area contributed by atoms with Crippen molar-refractivity contribution in [2.75, 3.05) is 13.2 Å². The van der Waals surface area contributed by atoms with Gasteiger partial charge in [0, 0.05) is 26.1 Å². The van der Waals surface area contributed by atoms with Crippen molar-refractivity contribution in [1.82, 2.24) is 9.80 Å². The van der Waals surface area contributed by atoms with Crippen molar-refractivity contribution >= 4 is 6.09 Å². The molecule has 0 bridgehead atoms. The summed E-state index contributed by atoms with van der Waals surface area (Å²) in [5, 5.41) is 0. The maximum absolute atomic E-state index is 13.6. The zero-order chi connectivity index (χ0) is 25.6. The van der Waals surface area contributed by atoms with Crippen LogP contribution >= 0.6 is 0 Å². The zero-order valence-corrected chi connectivity index (χ0v) is 21.9. The van der Waals surface area contributed by atoms with E-state index in [9.17, 15) is 4.79 Å². The fraction of sp³-hybridized carbons (Fsp3) is 0.387. The first-order chi connectivity index (χ1) is 17.2. The number of benzene rings is 3. The van der Waals surface area contributed by atoms with Crippen LogP contribution in [0.4, 0.5) is 4.79 Å². The topological polar surface area (TPSA) is 42.0 Å². The summed E-state index contributed by atoms with van der Waals surface area (Å²) in [6.07, 6.45) is -0.00954. The molecule has 190 valence electrons. The van der Waals surface area contributed by atoms with E-state index in [4.69, 9.17) is 9.47 Å². The van der Waals surface area contributed by atoms with Crippen molar-refractivity contribution in [2.24, 2.45) is 0 Å². The van der Waals surface area contributed by atoms with Crippen molar-refractivity contribution in [2.45, 2.75) is 64.6 Å². The first-order valence-electron chi connectivity index (χ1n) is 12.7. The number of carbonyl (C=O) groups is 1. The van der Waals surface area contributed by atoms with Gasteiger partial charge in [-0.1, -0.05) is 91.0 Å². The molecule has 1 heterocycles. The van der Waals surface area contributed by atoms with E-state index in [1.54, 1.807) is 4.90 Å². The quantitative estimate of drug-likeness (QED) is 0.357. The van der Waals surface area contributed by atoms with E-state index in [2.05, 4.69) is 65.6 Å². The van der Waals surface area contributed by atoms with Crippen LogP contribution in [0.2, 0.25) is 0 Å². The highest BCUT2D eigenvalue weighted by atomic mass is 16.6. The molecule has 0 N–H and O–H groups in total. The van der Waals surface area contributed by atoms with Gasteiger partial charge >= 0.3 is 6.09 Å². The van der Waals surface area contributed by atoms with E-state index in [0.29, 0.717) is 19.6 Å². The fourth-order valence-electron chi connectivity index (χ4n) is 5.05. The van der Waals surface area contributed by atoms with Gasteiger partial charge in [-0.3, -0.25) is 9.80 Å². The van der Waals surface area contributed by atoms with Crippen LogP contribution in [0, 0.1) is 0 Å². The largest absolute Gasteiger partial charge is 0.444 e. The minimum absolute atomic E-state index is 0.320. The van der Waals surface area contributed by atoms with Gasteiger partial charge in [-0.25, -0.2) is 4.79 Å². The van der Waals surface area contributed by atoms with Crippen molar-refractivity contribution in [3.63, 3.8) is 0 Å². The van der Waals surface area contributed by atoms with Crippen molar-refractivity contribution in [3.05, 3.63) is 108 Å². The number of carbonyl (C=O) groups excluding carboxylic acids is 1. The third kappa shape index (κ3) is 6.74. The summed E-state index contributed by atoms with van der Waals surface area (Å²) in [6, 6.07) is 31.1. The predicted octanol–water partition coefficient (Wildman–Crippen LogP) is 6.28. The third-order valence-electron chi connectivity index (χ3n) is 6.64. The molecule has 0 radical (unpaired) electrons. The van der Waals surface area contributed by atoms with Gasteiger partial charge < -0.3 is 9.47 Å². The highest BCUT2D eigenvalue weighted by molar-refractivity contribution is 5.70. The Morgan fingerprint density at radius 2 is 1.31 bits per heavy atom. The molecule has 3 aromatic carbocycles. The molecule has 5 heteroatoms. The molecule has 0 aromatic heterocycles. The molecule has 1 atom stereocenters. The van der Waals surface area contributed by atoms with E-state index >= 15 is 0 Å². The molecule has 4 rings (SSSR count). The first kappa shape index (κ1) is 25.9. The van der Waals surface area contributed by atoms with E-state index in [0.717, 1.165) is 18.7 Å². The smallest absolute Gasteiger partial charge is 0.412 e. The van der Waals surface area contributed by atoms with Gasteiger partial charge in [0.25, 0.3) is 0 Å². The van der Waals surface area contributed by atoms with E-state index in [1.807, 2.05) is 58.0 Å². The first-order valence-corrected chi connectivity index (χ1v) is 12.7. The fourth-order valence-corrected chi connectivity index (χ4v) is 5.05. The number of rotatable bonds is 9. The summed E-state index contributed by atoms with van der Waals surface area (Å²) in [7, 11) is 0. The molecule has 0 saturated carbocycles. The molecule has 1 aliphatic rings. The van der Waals surface area contributed by atoms with Crippen LogP contribution in [-0.2, 0) is 29.0 Å². The molecule has 0 unspecified atom stereocenters. The Labute approximate surface area is 215 Å². The molecule has 36 heavy (non-hydrogen) atoms. The lowest BCUT2D eigenvalue weighted by Crippen LogP contribution is -2.54. The standard InChI is InChI=1S/C31H38N2O3/c1-30(2)24-35-31(3,4)33(30)29(34)36-28(20-25-14-8-5-9-15-25)23-32(21-26-16-10-6-11-17-26)22-27-18-12-7-13-19-27/h5-19,28H,20-24H2,1-4H3/t28-/m1/s1. The van der Waals surface area contributed by atoms with Crippen molar-refractivity contribution < 1.29 is 14.3 Å². The number of hydrogen-bond acceptors (Lipinski definition) is 4. The van der Waals surface area contributed by atoms with Gasteiger partial charge in [-0.05, 0) is 44.4 Å². The summed E-state index contributed by atoms with van der Waals surface area (Å²) in [5.41, 5.74) is 2.45. The molecule has 1 fully saturated rings. The van der Waals surface area contributed by atoms with E-state index in [1.165, 1.54) is 11.1 Å². The minimum Gasteiger partial charge on any atom is -0.444 e. The summed E-state index contributed by atoms with van der Waals surface area (Å²) in [6.45, 7) is 10.5. The van der Waals surface area contributed by atoms with Crippen molar-refractivity contribution in [3.8, 4) is 0 Å². The Balaban J connectivity index is 1.58. The maximum Gasteiger partial charge on any atom is 0.412 e. The van der Waals surface area contributed by atoms with Gasteiger partial charge in [-0.2, -0.15) is 0 Å². The van der Waals surface area contributed by atoms with Gasteiger partial charge in [-0.15, -0.1) is 0 Å². The van der Waals surface area contributed by atoms with Crippen LogP contribution in [0.5, 0.6) is 0 Å². The highest BCUT2D eigenvalue weighted by Gasteiger charge is 2.50. The maximum atomic E-state index is 13.6. The van der Waals surface area contributed by atoms with Crippen LogP contribution in [0.3, 0.4) is 0 Å².